The first-order valence-electron chi connectivity index (χ1n) is 9.37. The lowest BCUT2D eigenvalue weighted by atomic mass is 9.87. The molecule has 28 heavy (non-hydrogen) atoms. The molecule has 1 unspecified atom stereocenters. The van der Waals surface area contributed by atoms with Crippen molar-refractivity contribution in [3.05, 3.63) is 59.9 Å². The van der Waals surface area contributed by atoms with E-state index in [0.717, 1.165) is 18.4 Å². The normalized spacial score (nSPS) is 21.2. The molecule has 2 aliphatic rings. The van der Waals surface area contributed by atoms with Crippen molar-refractivity contribution in [3.8, 4) is 0 Å². The number of aromatic nitrogens is 1. The summed E-state index contributed by atoms with van der Waals surface area (Å²) in [6.07, 6.45) is 5.17. The van der Waals surface area contributed by atoms with Gasteiger partial charge in [-0.2, -0.15) is 0 Å². The number of benzene rings is 1. The van der Waals surface area contributed by atoms with Gasteiger partial charge in [0.1, 0.15) is 5.71 Å². The number of pyridine rings is 1. The highest BCUT2D eigenvalue weighted by molar-refractivity contribution is 6.43. The molecule has 1 atom stereocenters. The Kier molecular flexibility index (Phi) is 4.81. The number of rotatable bonds is 3. The molecule has 2 amide bonds. The van der Waals surface area contributed by atoms with E-state index in [0.29, 0.717) is 36.5 Å². The molecule has 1 aromatic heterocycles. The van der Waals surface area contributed by atoms with Gasteiger partial charge in [0.25, 0.3) is 11.8 Å². The van der Waals surface area contributed by atoms with E-state index < -0.39 is 5.60 Å². The molecule has 1 saturated heterocycles. The predicted molar refractivity (Wildman–Crippen MR) is 105 cm³/mol. The van der Waals surface area contributed by atoms with Gasteiger partial charge in [-0.3, -0.25) is 14.6 Å². The van der Waals surface area contributed by atoms with Gasteiger partial charge in [0.2, 0.25) is 0 Å². The van der Waals surface area contributed by atoms with E-state index in [1.54, 1.807) is 29.4 Å². The summed E-state index contributed by atoms with van der Waals surface area (Å²) in [5.74, 6) is -0.317. The van der Waals surface area contributed by atoms with E-state index in [4.69, 9.17) is 4.84 Å². The molecular formula is C21H22N4O3. The van der Waals surface area contributed by atoms with Crippen LogP contribution in [0.3, 0.4) is 0 Å². The highest BCUT2D eigenvalue weighted by Gasteiger charge is 2.45. The molecule has 0 saturated carbocycles. The second-order valence-electron chi connectivity index (χ2n) is 7.38. The molecule has 0 bridgehead atoms. The van der Waals surface area contributed by atoms with Crippen LogP contribution in [0.2, 0.25) is 0 Å². The number of nitrogens with one attached hydrogen (secondary N) is 1. The lowest BCUT2D eigenvalue weighted by Gasteiger charge is -2.38. The van der Waals surface area contributed by atoms with Crippen molar-refractivity contribution < 1.29 is 14.4 Å². The molecule has 7 nitrogen and oxygen atoms in total. The van der Waals surface area contributed by atoms with Crippen LogP contribution in [0.15, 0.2) is 53.9 Å². The first kappa shape index (κ1) is 18.2. The number of nitrogens with zero attached hydrogens (tertiary/aromatic N) is 3. The van der Waals surface area contributed by atoms with Crippen LogP contribution < -0.4 is 5.32 Å². The van der Waals surface area contributed by atoms with Crippen molar-refractivity contribution in [3.63, 3.8) is 0 Å². The van der Waals surface area contributed by atoms with Gasteiger partial charge in [-0.1, -0.05) is 22.9 Å². The van der Waals surface area contributed by atoms with Crippen LogP contribution in [0.5, 0.6) is 0 Å². The van der Waals surface area contributed by atoms with Crippen molar-refractivity contribution in [2.24, 2.45) is 5.16 Å². The Balaban J connectivity index is 1.41. The maximum absolute atomic E-state index is 12.9. The Hall–Kier alpha value is -3.22. The van der Waals surface area contributed by atoms with E-state index in [1.807, 2.05) is 31.2 Å². The molecule has 1 fully saturated rings. The number of carbonyl (C=O) groups excluding carboxylic acids is 2. The maximum Gasteiger partial charge on any atom is 0.273 e. The number of oxime groups is 1. The summed E-state index contributed by atoms with van der Waals surface area (Å²) in [5, 5.41) is 6.81. The van der Waals surface area contributed by atoms with Gasteiger partial charge in [0.15, 0.2) is 5.60 Å². The molecule has 7 heteroatoms. The van der Waals surface area contributed by atoms with Gasteiger partial charge < -0.3 is 15.1 Å². The summed E-state index contributed by atoms with van der Waals surface area (Å²) in [5.41, 5.74) is 2.10. The minimum atomic E-state index is -0.625. The average molecular weight is 378 g/mol. The molecule has 4 rings (SSSR count). The molecule has 1 N–H and O–H groups in total. The fourth-order valence-corrected chi connectivity index (χ4v) is 3.65. The first-order valence-corrected chi connectivity index (χ1v) is 9.37. The van der Waals surface area contributed by atoms with Gasteiger partial charge in [-0.25, -0.2) is 0 Å². The summed E-state index contributed by atoms with van der Waals surface area (Å²) in [7, 11) is 0. The monoisotopic (exact) mass is 378 g/mol. The fraction of sp³-hybridized carbons (Fsp3) is 0.333. The number of piperidine rings is 1. The van der Waals surface area contributed by atoms with Crippen molar-refractivity contribution in [2.45, 2.75) is 31.8 Å². The summed E-state index contributed by atoms with van der Waals surface area (Å²) in [6.45, 7) is 3.09. The predicted octanol–water partition coefficient (Wildman–Crippen LogP) is 2.78. The van der Waals surface area contributed by atoms with Crippen LogP contribution in [0.1, 0.15) is 35.2 Å². The minimum Gasteiger partial charge on any atom is -0.386 e. The molecule has 1 spiro atoms. The largest absolute Gasteiger partial charge is 0.386 e. The lowest BCUT2D eigenvalue weighted by Crippen LogP contribution is -2.50. The molecule has 2 aromatic rings. The number of anilines is 1. The summed E-state index contributed by atoms with van der Waals surface area (Å²) in [6, 6.07) is 11.1. The number of hydrogen-bond donors (Lipinski definition) is 1. The molecule has 0 radical (unpaired) electrons. The Morgan fingerprint density at radius 1 is 1.21 bits per heavy atom. The van der Waals surface area contributed by atoms with Crippen LogP contribution >= 0.6 is 0 Å². The quantitative estimate of drug-likeness (QED) is 0.890. The Bertz CT molecular complexity index is 911. The van der Waals surface area contributed by atoms with E-state index in [2.05, 4.69) is 15.5 Å². The van der Waals surface area contributed by atoms with Crippen molar-refractivity contribution in [1.29, 1.82) is 0 Å². The molecule has 1 aromatic carbocycles. The number of hydrogen-bond acceptors (Lipinski definition) is 5. The maximum atomic E-state index is 12.9. The highest BCUT2D eigenvalue weighted by Crippen LogP contribution is 2.34. The zero-order chi connectivity index (χ0) is 19.6. The summed E-state index contributed by atoms with van der Waals surface area (Å²) >= 11 is 0. The first-order chi connectivity index (χ1) is 13.5. The summed E-state index contributed by atoms with van der Waals surface area (Å²) in [4.78, 5) is 36.8. The SMILES string of the molecule is Cc1ccc(C(=O)N2CCCC3(CC(C(=O)Nc4cccnc4)=NO3)C2)cc1. The van der Waals surface area contributed by atoms with Gasteiger partial charge in [-0.15, -0.1) is 0 Å². The van der Waals surface area contributed by atoms with Crippen molar-refractivity contribution >= 4 is 23.2 Å². The van der Waals surface area contributed by atoms with Crippen LogP contribution in [0.25, 0.3) is 0 Å². The number of carbonyl (C=O) groups is 2. The van der Waals surface area contributed by atoms with Crippen LogP contribution in [-0.2, 0) is 9.63 Å². The fourth-order valence-electron chi connectivity index (χ4n) is 3.65. The zero-order valence-electron chi connectivity index (χ0n) is 15.7. The average Bonchev–Trinajstić information content (AvgIpc) is 3.12. The van der Waals surface area contributed by atoms with Crippen LogP contribution in [-0.4, -0.2) is 46.1 Å². The Labute approximate surface area is 163 Å². The third-order valence-electron chi connectivity index (χ3n) is 5.15. The lowest BCUT2D eigenvalue weighted by molar-refractivity contribution is -0.110. The molecule has 3 heterocycles. The topological polar surface area (TPSA) is 83.9 Å². The molecule has 144 valence electrons. The van der Waals surface area contributed by atoms with Gasteiger partial charge in [0.05, 0.1) is 18.4 Å². The van der Waals surface area contributed by atoms with Gasteiger partial charge >= 0.3 is 0 Å². The Morgan fingerprint density at radius 2 is 2.04 bits per heavy atom. The molecule has 0 aliphatic carbocycles. The van der Waals surface area contributed by atoms with Crippen LogP contribution in [0, 0.1) is 6.92 Å². The zero-order valence-corrected chi connectivity index (χ0v) is 15.7. The highest BCUT2D eigenvalue weighted by atomic mass is 16.7. The number of aryl methyl sites for hydroxylation is 1. The van der Waals surface area contributed by atoms with E-state index in [9.17, 15) is 9.59 Å². The molecule has 2 aliphatic heterocycles. The third kappa shape index (κ3) is 3.74. The minimum absolute atomic E-state index is 0.0177. The Morgan fingerprint density at radius 3 is 2.79 bits per heavy atom. The number of likely N-dealkylation sites (tertiary alicyclic amines) is 1. The van der Waals surface area contributed by atoms with E-state index in [1.165, 1.54) is 0 Å². The number of amides is 2. The second-order valence-corrected chi connectivity index (χ2v) is 7.38. The second kappa shape index (κ2) is 7.42. The standard InChI is InChI=1S/C21H22N4O3/c1-15-5-7-16(8-6-15)20(27)25-11-3-9-21(14-25)12-18(24-28-21)19(26)23-17-4-2-10-22-13-17/h2,4-8,10,13H,3,9,11-12,14H2,1H3,(H,23,26). The smallest absolute Gasteiger partial charge is 0.273 e. The third-order valence-corrected chi connectivity index (χ3v) is 5.15. The van der Waals surface area contributed by atoms with Crippen LogP contribution in [0.4, 0.5) is 5.69 Å². The summed E-state index contributed by atoms with van der Waals surface area (Å²) < 4.78 is 0. The van der Waals surface area contributed by atoms with E-state index in [-0.39, 0.29) is 11.8 Å². The van der Waals surface area contributed by atoms with Crippen molar-refractivity contribution in [1.82, 2.24) is 9.88 Å². The molecular weight excluding hydrogens is 356 g/mol. The van der Waals surface area contributed by atoms with Gasteiger partial charge in [0, 0.05) is 24.7 Å². The van der Waals surface area contributed by atoms with Crippen molar-refractivity contribution in [2.75, 3.05) is 18.4 Å². The van der Waals surface area contributed by atoms with Gasteiger partial charge in [-0.05, 0) is 44.0 Å². The van der Waals surface area contributed by atoms with E-state index >= 15 is 0 Å².